The lowest BCUT2D eigenvalue weighted by Crippen LogP contribution is -2.41. The highest BCUT2D eigenvalue weighted by Crippen LogP contribution is 2.39. The summed E-state index contributed by atoms with van der Waals surface area (Å²) in [5.41, 5.74) is 3.87. The van der Waals surface area contributed by atoms with Crippen molar-refractivity contribution in [2.75, 3.05) is 0 Å². The van der Waals surface area contributed by atoms with Gasteiger partial charge in [-0.25, -0.2) is 0 Å². The highest BCUT2D eigenvalue weighted by atomic mass is 16.7. The summed E-state index contributed by atoms with van der Waals surface area (Å²) in [7, 11) is -0.380. The molecular weight excluding hydrogens is 393 g/mol. The van der Waals surface area contributed by atoms with Crippen molar-refractivity contribution >= 4 is 45.2 Å². The van der Waals surface area contributed by atoms with Crippen LogP contribution >= 0.6 is 0 Å². The van der Waals surface area contributed by atoms with Crippen LogP contribution in [0.1, 0.15) is 27.7 Å². The Morgan fingerprint density at radius 2 is 1.31 bits per heavy atom. The summed E-state index contributed by atoms with van der Waals surface area (Å²) in [5.74, 6) is 0. The molecule has 4 aromatic carbocycles. The van der Waals surface area contributed by atoms with Gasteiger partial charge in [0.15, 0.2) is 0 Å². The third-order valence-corrected chi connectivity index (χ3v) is 7.22. The zero-order valence-corrected chi connectivity index (χ0v) is 18.9. The first-order chi connectivity index (χ1) is 15.4. The minimum Gasteiger partial charge on any atom is -0.399 e. The molecule has 2 heterocycles. The minimum absolute atomic E-state index is 0.364. The lowest BCUT2D eigenvalue weighted by molar-refractivity contribution is 0.00578. The van der Waals surface area contributed by atoms with Crippen LogP contribution < -0.4 is 5.46 Å². The monoisotopic (exact) mass is 419 g/mol. The lowest BCUT2D eigenvalue weighted by Gasteiger charge is -2.32. The summed E-state index contributed by atoms with van der Waals surface area (Å²) in [6.45, 7) is 8.39. The van der Waals surface area contributed by atoms with Gasteiger partial charge in [0.2, 0.25) is 0 Å². The second kappa shape index (κ2) is 6.71. The van der Waals surface area contributed by atoms with Gasteiger partial charge in [0.25, 0.3) is 0 Å². The van der Waals surface area contributed by atoms with Crippen LogP contribution in [0.4, 0.5) is 0 Å². The van der Waals surface area contributed by atoms with E-state index in [-0.39, 0.29) is 18.3 Å². The van der Waals surface area contributed by atoms with Crippen molar-refractivity contribution < 1.29 is 9.31 Å². The van der Waals surface area contributed by atoms with E-state index >= 15 is 0 Å². The van der Waals surface area contributed by atoms with Gasteiger partial charge in [0, 0.05) is 16.5 Å². The smallest absolute Gasteiger partial charge is 0.399 e. The van der Waals surface area contributed by atoms with Crippen LogP contribution in [-0.4, -0.2) is 22.9 Å². The summed E-state index contributed by atoms with van der Waals surface area (Å²) in [4.78, 5) is 0. The molecule has 1 fully saturated rings. The summed E-state index contributed by atoms with van der Waals surface area (Å²) in [6, 6.07) is 30.2. The quantitative estimate of drug-likeness (QED) is 0.317. The Labute approximate surface area is 188 Å². The average Bonchev–Trinajstić information content (AvgIpc) is 3.23. The first-order valence-electron chi connectivity index (χ1n) is 11.2. The van der Waals surface area contributed by atoms with Gasteiger partial charge < -0.3 is 13.9 Å². The fourth-order valence-electron chi connectivity index (χ4n) is 4.79. The van der Waals surface area contributed by atoms with E-state index < -0.39 is 0 Å². The van der Waals surface area contributed by atoms with Crippen LogP contribution in [-0.2, 0) is 9.31 Å². The van der Waals surface area contributed by atoms with Crippen molar-refractivity contribution in [2.24, 2.45) is 0 Å². The molecule has 5 aromatic rings. The summed E-state index contributed by atoms with van der Waals surface area (Å²) < 4.78 is 15.1. The lowest BCUT2D eigenvalue weighted by atomic mass is 9.78. The number of nitrogens with zero attached hydrogens (tertiary/aromatic N) is 1. The topological polar surface area (TPSA) is 23.4 Å². The molecule has 0 atom stereocenters. The molecule has 0 aliphatic carbocycles. The molecule has 158 valence electrons. The van der Waals surface area contributed by atoms with E-state index in [4.69, 9.17) is 9.31 Å². The Morgan fingerprint density at radius 1 is 0.656 bits per heavy atom. The number of rotatable bonds is 2. The molecule has 0 saturated carbocycles. The van der Waals surface area contributed by atoms with Gasteiger partial charge in [0.05, 0.1) is 22.2 Å². The third-order valence-electron chi connectivity index (χ3n) is 7.22. The Balaban J connectivity index is 1.66. The van der Waals surface area contributed by atoms with E-state index in [2.05, 4.69) is 117 Å². The van der Waals surface area contributed by atoms with Gasteiger partial charge >= 0.3 is 7.12 Å². The van der Waals surface area contributed by atoms with Crippen LogP contribution in [0.25, 0.3) is 38.3 Å². The van der Waals surface area contributed by atoms with E-state index in [0.717, 1.165) is 11.2 Å². The van der Waals surface area contributed by atoms with Crippen molar-refractivity contribution in [2.45, 2.75) is 38.9 Å². The van der Waals surface area contributed by atoms with Gasteiger partial charge in [-0.15, -0.1) is 0 Å². The molecule has 1 aliphatic rings. The molecule has 32 heavy (non-hydrogen) atoms. The molecule has 1 saturated heterocycles. The van der Waals surface area contributed by atoms with Crippen molar-refractivity contribution in [3.8, 4) is 5.69 Å². The van der Waals surface area contributed by atoms with Crippen molar-refractivity contribution in [1.29, 1.82) is 0 Å². The maximum Gasteiger partial charge on any atom is 0.494 e. The standard InChI is InChI=1S/C28H26BNO2/c1-27(2)28(3,4)32-29(31-27)20-15-17-24-23(18-20)26-22-13-9-8-10-19(22)14-16-25(26)30(24)21-11-6-5-7-12-21/h5-18H,1-4H3. The first-order valence-corrected chi connectivity index (χ1v) is 11.2. The predicted molar refractivity (Wildman–Crippen MR) is 134 cm³/mol. The van der Waals surface area contributed by atoms with Gasteiger partial charge in [-0.3, -0.25) is 0 Å². The molecule has 1 aliphatic heterocycles. The molecule has 0 spiro atoms. The number of fused-ring (bicyclic) bond motifs is 5. The zero-order valence-electron chi connectivity index (χ0n) is 18.9. The molecule has 0 radical (unpaired) electrons. The molecule has 0 unspecified atom stereocenters. The fourth-order valence-corrected chi connectivity index (χ4v) is 4.79. The van der Waals surface area contributed by atoms with Gasteiger partial charge in [-0.2, -0.15) is 0 Å². The van der Waals surface area contributed by atoms with Crippen LogP contribution in [0.15, 0.2) is 84.9 Å². The molecule has 1 aromatic heterocycles. The summed E-state index contributed by atoms with van der Waals surface area (Å²) in [5, 5.41) is 4.98. The Morgan fingerprint density at radius 3 is 2.06 bits per heavy atom. The van der Waals surface area contributed by atoms with Crippen molar-refractivity contribution in [1.82, 2.24) is 4.57 Å². The minimum atomic E-state index is -0.380. The normalized spacial score (nSPS) is 17.6. The average molecular weight is 419 g/mol. The molecule has 0 amide bonds. The largest absolute Gasteiger partial charge is 0.494 e. The van der Waals surface area contributed by atoms with Crippen LogP contribution in [0.2, 0.25) is 0 Å². The van der Waals surface area contributed by atoms with Gasteiger partial charge in [0.1, 0.15) is 0 Å². The second-order valence-electron chi connectivity index (χ2n) is 9.72. The fraction of sp³-hybridized carbons (Fsp3) is 0.214. The van der Waals surface area contributed by atoms with Crippen molar-refractivity contribution in [3.63, 3.8) is 0 Å². The molecule has 3 nitrogen and oxygen atoms in total. The van der Waals surface area contributed by atoms with Gasteiger partial charge in [-0.05, 0) is 68.2 Å². The van der Waals surface area contributed by atoms with E-state index in [1.165, 1.54) is 32.6 Å². The summed E-state index contributed by atoms with van der Waals surface area (Å²) in [6.07, 6.45) is 0. The molecule has 6 rings (SSSR count). The number of aromatic nitrogens is 1. The molecule has 0 bridgehead atoms. The summed E-state index contributed by atoms with van der Waals surface area (Å²) >= 11 is 0. The molecule has 0 N–H and O–H groups in total. The van der Waals surface area contributed by atoms with Crippen LogP contribution in [0.3, 0.4) is 0 Å². The SMILES string of the molecule is CC1(C)OB(c2ccc3c(c2)c2c4ccccc4ccc2n3-c2ccccc2)OC1(C)C. The predicted octanol–water partition coefficient (Wildman–Crippen LogP) is 6.24. The number of hydrogen-bond acceptors (Lipinski definition) is 2. The van der Waals surface area contributed by atoms with E-state index in [1.807, 2.05) is 0 Å². The van der Waals surface area contributed by atoms with E-state index in [0.29, 0.717) is 0 Å². The Kier molecular flexibility index (Phi) is 4.11. The van der Waals surface area contributed by atoms with Gasteiger partial charge in [-0.1, -0.05) is 60.7 Å². The zero-order chi connectivity index (χ0) is 22.1. The maximum absolute atomic E-state index is 6.36. The van der Waals surface area contributed by atoms with Crippen LogP contribution in [0, 0.1) is 0 Å². The number of benzene rings is 4. The molecule has 4 heteroatoms. The second-order valence-corrected chi connectivity index (χ2v) is 9.72. The van der Waals surface area contributed by atoms with Crippen LogP contribution in [0.5, 0.6) is 0 Å². The number of hydrogen-bond donors (Lipinski definition) is 0. The highest BCUT2D eigenvalue weighted by Gasteiger charge is 2.51. The maximum atomic E-state index is 6.36. The Bertz CT molecular complexity index is 1470. The first kappa shape index (κ1) is 19.6. The highest BCUT2D eigenvalue weighted by molar-refractivity contribution is 6.62. The molecular formula is C28H26BNO2. The van der Waals surface area contributed by atoms with E-state index in [1.54, 1.807) is 0 Å². The van der Waals surface area contributed by atoms with Crippen molar-refractivity contribution in [3.05, 3.63) is 84.9 Å². The van der Waals surface area contributed by atoms with E-state index in [9.17, 15) is 0 Å². The Hall–Kier alpha value is -3.08. The number of para-hydroxylation sites is 1. The third kappa shape index (κ3) is 2.76.